The number of rotatable bonds is 7. The molecule has 5 heteroatoms. The first kappa shape index (κ1) is 15.8. The predicted octanol–water partition coefficient (Wildman–Crippen LogP) is 2.98. The zero-order valence-electron chi connectivity index (χ0n) is 11.6. The molecule has 1 aromatic carbocycles. The van der Waals surface area contributed by atoms with E-state index in [9.17, 15) is 4.79 Å². The summed E-state index contributed by atoms with van der Waals surface area (Å²) in [6.07, 6.45) is 1.34. The lowest BCUT2D eigenvalue weighted by molar-refractivity contribution is -0.116. The van der Waals surface area contributed by atoms with Gasteiger partial charge in [-0.05, 0) is 44.3 Å². The summed E-state index contributed by atoms with van der Waals surface area (Å²) < 4.78 is 0. The number of nitrogens with two attached hydrogens (primary N) is 1. The van der Waals surface area contributed by atoms with E-state index in [1.165, 1.54) is 0 Å². The molecule has 106 valence electrons. The molecule has 0 bridgehead atoms. The Hall–Kier alpha value is -1.26. The summed E-state index contributed by atoms with van der Waals surface area (Å²) in [7, 11) is 0. The number of hydrogen-bond donors (Lipinski definition) is 2. The van der Waals surface area contributed by atoms with Crippen LogP contribution >= 0.6 is 11.6 Å². The van der Waals surface area contributed by atoms with Gasteiger partial charge in [0.15, 0.2) is 0 Å². The molecular weight excluding hydrogens is 262 g/mol. The lowest BCUT2D eigenvalue weighted by atomic mass is 10.2. The van der Waals surface area contributed by atoms with E-state index in [2.05, 4.69) is 24.1 Å². The predicted molar refractivity (Wildman–Crippen MR) is 81.5 cm³/mol. The van der Waals surface area contributed by atoms with Crippen LogP contribution in [0.2, 0.25) is 5.02 Å². The Labute approximate surface area is 119 Å². The van der Waals surface area contributed by atoms with Gasteiger partial charge in [-0.25, -0.2) is 0 Å². The summed E-state index contributed by atoms with van der Waals surface area (Å²) in [6.45, 7) is 7.22. The molecule has 0 unspecified atom stereocenters. The quantitative estimate of drug-likeness (QED) is 0.757. The molecule has 19 heavy (non-hydrogen) atoms. The Morgan fingerprint density at radius 1 is 1.37 bits per heavy atom. The zero-order chi connectivity index (χ0) is 14.3. The van der Waals surface area contributed by atoms with Crippen molar-refractivity contribution in [3.63, 3.8) is 0 Å². The first-order valence-corrected chi connectivity index (χ1v) is 7.01. The van der Waals surface area contributed by atoms with E-state index in [1.807, 2.05) is 0 Å². The van der Waals surface area contributed by atoms with Gasteiger partial charge in [-0.15, -0.1) is 0 Å². The average molecular weight is 284 g/mol. The molecule has 0 saturated carbocycles. The fourth-order valence-corrected chi connectivity index (χ4v) is 2.08. The maximum atomic E-state index is 11.8. The maximum absolute atomic E-state index is 11.8. The van der Waals surface area contributed by atoms with Crippen molar-refractivity contribution in [3.8, 4) is 0 Å². The van der Waals surface area contributed by atoms with Crippen molar-refractivity contribution >= 4 is 28.9 Å². The second-order valence-electron chi connectivity index (χ2n) is 4.42. The van der Waals surface area contributed by atoms with E-state index in [4.69, 9.17) is 17.3 Å². The number of nitrogens with zero attached hydrogens (tertiary/aromatic N) is 1. The molecule has 0 aliphatic rings. The second kappa shape index (κ2) is 8.02. The second-order valence-corrected chi connectivity index (χ2v) is 4.83. The summed E-state index contributed by atoms with van der Waals surface area (Å²) in [5.41, 5.74) is 6.80. The average Bonchev–Trinajstić information content (AvgIpc) is 2.38. The fraction of sp³-hybridized carbons (Fsp3) is 0.500. The van der Waals surface area contributed by atoms with Crippen molar-refractivity contribution in [2.75, 3.05) is 30.7 Å². The molecule has 0 radical (unpaired) electrons. The molecule has 0 aliphatic carbocycles. The molecule has 0 aliphatic heterocycles. The van der Waals surface area contributed by atoms with Gasteiger partial charge in [0.2, 0.25) is 5.91 Å². The molecule has 0 heterocycles. The number of nitrogen functional groups attached to an aromatic ring is 1. The smallest absolute Gasteiger partial charge is 0.224 e. The van der Waals surface area contributed by atoms with Gasteiger partial charge in [0, 0.05) is 12.1 Å². The zero-order valence-corrected chi connectivity index (χ0v) is 12.3. The van der Waals surface area contributed by atoms with E-state index in [0.29, 0.717) is 22.8 Å². The Morgan fingerprint density at radius 2 is 2.05 bits per heavy atom. The van der Waals surface area contributed by atoms with Gasteiger partial charge < -0.3 is 16.0 Å². The molecule has 1 amide bonds. The van der Waals surface area contributed by atoms with Crippen molar-refractivity contribution in [2.45, 2.75) is 26.7 Å². The number of anilines is 2. The van der Waals surface area contributed by atoms with Gasteiger partial charge >= 0.3 is 0 Å². The van der Waals surface area contributed by atoms with Crippen LogP contribution in [0.4, 0.5) is 11.4 Å². The third-order valence-corrected chi connectivity index (χ3v) is 3.35. The SMILES string of the molecule is CCN(CC)CCCC(=O)Nc1ccc(N)cc1Cl. The Bertz CT molecular complexity index is 419. The van der Waals surface area contributed by atoms with Crippen LogP contribution in [-0.4, -0.2) is 30.4 Å². The van der Waals surface area contributed by atoms with Gasteiger partial charge in [-0.1, -0.05) is 25.4 Å². The minimum absolute atomic E-state index is 0.0150. The maximum Gasteiger partial charge on any atom is 0.224 e. The number of carbonyl (C=O) groups is 1. The number of carbonyl (C=O) groups excluding carboxylic acids is 1. The molecule has 1 rings (SSSR count). The Kier molecular flexibility index (Phi) is 6.67. The minimum Gasteiger partial charge on any atom is -0.399 e. The molecule has 0 spiro atoms. The van der Waals surface area contributed by atoms with E-state index in [0.717, 1.165) is 26.1 Å². The topological polar surface area (TPSA) is 58.4 Å². The monoisotopic (exact) mass is 283 g/mol. The largest absolute Gasteiger partial charge is 0.399 e. The highest BCUT2D eigenvalue weighted by molar-refractivity contribution is 6.34. The molecular formula is C14H22ClN3O. The summed E-state index contributed by atoms with van der Waals surface area (Å²) in [5, 5.41) is 3.27. The normalized spacial score (nSPS) is 10.7. The van der Waals surface area contributed by atoms with E-state index in [-0.39, 0.29) is 5.91 Å². The van der Waals surface area contributed by atoms with Gasteiger partial charge in [-0.2, -0.15) is 0 Å². The lowest BCUT2D eigenvalue weighted by Crippen LogP contribution is -2.25. The summed E-state index contributed by atoms with van der Waals surface area (Å²) in [5.74, 6) is -0.0150. The minimum atomic E-state index is -0.0150. The van der Waals surface area contributed by atoms with Crippen LogP contribution < -0.4 is 11.1 Å². The van der Waals surface area contributed by atoms with Gasteiger partial charge in [0.1, 0.15) is 0 Å². The molecule has 3 N–H and O–H groups in total. The molecule has 0 aromatic heterocycles. The van der Waals surface area contributed by atoms with Crippen LogP contribution in [0.1, 0.15) is 26.7 Å². The Morgan fingerprint density at radius 3 is 2.63 bits per heavy atom. The van der Waals surface area contributed by atoms with Crippen LogP contribution in [0.25, 0.3) is 0 Å². The highest BCUT2D eigenvalue weighted by Gasteiger charge is 2.07. The molecule has 4 nitrogen and oxygen atoms in total. The van der Waals surface area contributed by atoms with E-state index >= 15 is 0 Å². The van der Waals surface area contributed by atoms with Gasteiger partial charge in [0.05, 0.1) is 10.7 Å². The summed E-state index contributed by atoms with van der Waals surface area (Å²) in [4.78, 5) is 14.1. The van der Waals surface area contributed by atoms with Crippen LogP contribution in [0.5, 0.6) is 0 Å². The van der Waals surface area contributed by atoms with Crippen molar-refractivity contribution in [1.29, 1.82) is 0 Å². The molecule has 0 fully saturated rings. The summed E-state index contributed by atoms with van der Waals surface area (Å²) in [6, 6.07) is 5.07. The van der Waals surface area contributed by atoms with Crippen LogP contribution in [0, 0.1) is 0 Å². The fourth-order valence-electron chi connectivity index (χ4n) is 1.85. The standard InChI is InChI=1S/C14H22ClN3O/c1-3-18(4-2)9-5-6-14(19)17-13-8-7-11(16)10-12(13)15/h7-8,10H,3-6,9,16H2,1-2H3,(H,17,19). The van der Waals surface area contributed by atoms with Gasteiger partial charge in [0.25, 0.3) is 0 Å². The number of amides is 1. The van der Waals surface area contributed by atoms with E-state index in [1.54, 1.807) is 18.2 Å². The van der Waals surface area contributed by atoms with E-state index < -0.39 is 0 Å². The number of halogens is 1. The highest BCUT2D eigenvalue weighted by atomic mass is 35.5. The number of benzene rings is 1. The first-order valence-electron chi connectivity index (χ1n) is 6.64. The molecule has 0 saturated heterocycles. The van der Waals surface area contributed by atoms with Crippen molar-refractivity contribution in [3.05, 3.63) is 23.2 Å². The Balaban J connectivity index is 2.39. The third kappa shape index (κ3) is 5.49. The summed E-state index contributed by atoms with van der Waals surface area (Å²) >= 11 is 6.00. The van der Waals surface area contributed by atoms with Crippen molar-refractivity contribution < 1.29 is 4.79 Å². The van der Waals surface area contributed by atoms with Gasteiger partial charge in [-0.3, -0.25) is 4.79 Å². The molecule has 0 atom stereocenters. The van der Waals surface area contributed by atoms with Crippen LogP contribution in [0.3, 0.4) is 0 Å². The number of nitrogens with one attached hydrogen (secondary N) is 1. The van der Waals surface area contributed by atoms with Crippen molar-refractivity contribution in [2.24, 2.45) is 0 Å². The molecule has 1 aromatic rings. The first-order chi connectivity index (χ1) is 9.06. The third-order valence-electron chi connectivity index (χ3n) is 3.04. The highest BCUT2D eigenvalue weighted by Crippen LogP contribution is 2.24. The van der Waals surface area contributed by atoms with Crippen LogP contribution in [0.15, 0.2) is 18.2 Å². The number of hydrogen-bond acceptors (Lipinski definition) is 3. The van der Waals surface area contributed by atoms with Crippen LogP contribution in [-0.2, 0) is 4.79 Å². The van der Waals surface area contributed by atoms with Crippen molar-refractivity contribution in [1.82, 2.24) is 4.90 Å². The lowest BCUT2D eigenvalue weighted by Gasteiger charge is -2.17.